The van der Waals surface area contributed by atoms with Crippen molar-refractivity contribution >= 4 is 23.1 Å². The van der Waals surface area contributed by atoms with Crippen molar-refractivity contribution in [1.82, 2.24) is 10.3 Å². The number of thioether (sulfide) groups is 1. The summed E-state index contributed by atoms with van der Waals surface area (Å²) in [7, 11) is 0. The Balaban J connectivity index is 1.83. The zero-order valence-corrected chi connectivity index (χ0v) is 11.1. The summed E-state index contributed by atoms with van der Waals surface area (Å²) in [6.07, 6.45) is 0. The second-order valence-electron chi connectivity index (χ2n) is 4.02. The molecule has 0 amide bonds. The summed E-state index contributed by atoms with van der Waals surface area (Å²) in [6.45, 7) is 1.09. The first kappa shape index (κ1) is 11.3. The molecule has 0 radical (unpaired) electrons. The van der Waals surface area contributed by atoms with Crippen LogP contribution >= 0.6 is 23.1 Å². The van der Waals surface area contributed by atoms with Crippen LogP contribution in [0.3, 0.4) is 0 Å². The van der Waals surface area contributed by atoms with Crippen LogP contribution in [0.1, 0.15) is 11.0 Å². The van der Waals surface area contributed by atoms with Gasteiger partial charge in [-0.3, -0.25) is 0 Å². The highest BCUT2D eigenvalue weighted by atomic mass is 32.2. The van der Waals surface area contributed by atoms with Crippen LogP contribution < -0.4 is 5.32 Å². The van der Waals surface area contributed by atoms with Gasteiger partial charge >= 0.3 is 0 Å². The van der Waals surface area contributed by atoms with E-state index in [-0.39, 0.29) is 0 Å². The van der Waals surface area contributed by atoms with E-state index in [1.54, 1.807) is 11.3 Å². The molecular weight excluding hydrogens is 248 g/mol. The zero-order valence-electron chi connectivity index (χ0n) is 9.43. The molecule has 1 aromatic carbocycles. The van der Waals surface area contributed by atoms with Gasteiger partial charge in [-0.1, -0.05) is 30.3 Å². The molecule has 0 aliphatic carbocycles. The average Bonchev–Trinajstić information content (AvgIpc) is 2.90. The van der Waals surface area contributed by atoms with Crippen molar-refractivity contribution in [3.63, 3.8) is 0 Å². The molecule has 1 saturated heterocycles. The third-order valence-corrected chi connectivity index (χ3v) is 4.83. The predicted octanol–water partition coefficient (Wildman–Crippen LogP) is 3.19. The summed E-state index contributed by atoms with van der Waals surface area (Å²) in [4.78, 5) is 4.75. The van der Waals surface area contributed by atoms with E-state index in [0.717, 1.165) is 18.0 Å². The van der Waals surface area contributed by atoms with E-state index in [1.165, 1.54) is 16.3 Å². The van der Waals surface area contributed by atoms with Gasteiger partial charge in [-0.2, -0.15) is 11.8 Å². The number of nitrogens with zero attached hydrogens (tertiary/aromatic N) is 1. The van der Waals surface area contributed by atoms with Gasteiger partial charge in [-0.15, -0.1) is 11.3 Å². The highest BCUT2D eigenvalue weighted by molar-refractivity contribution is 7.99. The van der Waals surface area contributed by atoms with Crippen molar-refractivity contribution in [2.45, 2.75) is 6.04 Å². The molecule has 1 N–H and O–H groups in total. The standard InChI is InChI=1S/C13H14N2S2/c1-2-4-10(5-3-1)11-9-17-13(15-11)12-8-16-7-6-14-12/h1-5,9,12,14H,6-8H2. The maximum atomic E-state index is 4.75. The van der Waals surface area contributed by atoms with Crippen molar-refractivity contribution in [3.8, 4) is 11.3 Å². The minimum Gasteiger partial charge on any atom is -0.306 e. The Morgan fingerprint density at radius 3 is 2.88 bits per heavy atom. The van der Waals surface area contributed by atoms with Crippen molar-refractivity contribution in [2.75, 3.05) is 18.1 Å². The van der Waals surface area contributed by atoms with Gasteiger partial charge in [-0.25, -0.2) is 4.98 Å². The van der Waals surface area contributed by atoms with E-state index in [0.29, 0.717) is 6.04 Å². The molecule has 1 fully saturated rings. The van der Waals surface area contributed by atoms with Gasteiger partial charge in [0.05, 0.1) is 11.7 Å². The molecular formula is C13H14N2S2. The first-order valence-corrected chi connectivity index (χ1v) is 7.79. The Hall–Kier alpha value is -0.840. The largest absolute Gasteiger partial charge is 0.306 e. The lowest BCUT2D eigenvalue weighted by Gasteiger charge is -2.20. The van der Waals surface area contributed by atoms with Crippen LogP contribution in [-0.4, -0.2) is 23.0 Å². The minimum absolute atomic E-state index is 0.441. The van der Waals surface area contributed by atoms with Gasteiger partial charge in [-0.05, 0) is 0 Å². The van der Waals surface area contributed by atoms with Crippen molar-refractivity contribution in [3.05, 3.63) is 40.7 Å². The summed E-state index contributed by atoms with van der Waals surface area (Å²) in [5.41, 5.74) is 2.31. The second-order valence-corrected chi connectivity index (χ2v) is 6.06. The molecule has 3 rings (SSSR count). The molecule has 17 heavy (non-hydrogen) atoms. The van der Waals surface area contributed by atoms with Crippen molar-refractivity contribution in [1.29, 1.82) is 0 Å². The highest BCUT2D eigenvalue weighted by Crippen LogP contribution is 2.28. The number of benzene rings is 1. The Labute approximate surface area is 109 Å². The maximum absolute atomic E-state index is 4.75. The number of rotatable bonds is 2. The van der Waals surface area contributed by atoms with Crippen LogP contribution in [0.25, 0.3) is 11.3 Å². The molecule has 1 aliphatic rings. The molecule has 1 aliphatic heterocycles. The molecule has 88 valence electrons. The normalized spacial score (nSPS) is 20.4. The second kappa shape index (κ2) is 5.21. The fourth-order valence-electron chi connectivity index (χ4n) is 1.91. The van der Waals surface area contributed by atoms with Gasteiger partial charge < -0.3 is 5.32 Å². The molecule has 2 heterocycles. The smallest absolute Gasteiger partial charge is 0.111 e. The third kappa shape index (κ3) is 2.54. The zero-order chi connectivity index (χ0) is 11.5. The summed E-state index contributed by atoms with van der Waals surface area (Å²) in [6, 6.07) is 10.8. The molecule has 1 atom stereocenters. The first-order chi connectivity index (χ1) is 8.43. The summed E-state index contributed by atoms with van der Waals surface area (Å²) in [5.74, 6) is 2.36. The van der Waals surface area contributed by atoms with Crippen LogP contribution in [0, 0.1) is 0 Å². The maximum Gasteiger partial charge on any atom is 0.111 e. The van der Waals surface area contributed by atoms with Crippen LogP contribution in [0.4, 0.5) is 0 Å². The molecule has 2 aromatic rings. The van der Waals surface area contributed by atoms with Gasteiger partial charge in [0.2, 0.25) is 0 Å². The summed E-state index contributed by atoms with van der Waals surface area (Å²) < 4.78 is 0. The first-order valence-electron chi connectivity index (χ1n) is 5.75. The fourth-order valence-corrected chi connectivity index (χ4v) is 3.86. The number of hydrogen-bond acceptors (Lipinski definition) is 4. The molecule has 4 heteroatoms. The monoisotopic (exact) mass is 262 g/mol. The van der Waals surface area contributed by atoms with Crippen LogP contribution in [0.5, 0.6) is 0 Å². The van der Waals surface area contributed by atoms with Crippen molar-refractivity contribution in [2.24, 2.45) is 0 Å². The molecule has 0 spiro atoms. The lowest BCUT2D eigenvalue weighted by Crippen LogP contribution is -2.30. The Morgan fingerprint density at radius 1 is 1.24 bits per heavy atom. The number of hydrogen-bond donors (Lipinski definition) is 1. The number of nitrogens with one attached hydrogen (secondary N) is 1. The highest BCUT2D eigenvalue weighted by Gasteiger charge is 2.18. The van der Waals surface area contributed by atoms with E-state index in [4.69, 9.17) is 4.98 Å². The van der Waals surface area contributed by atoms with E-state index in [2.05, 4.69) is 35.0 Å². The molecule has 2 nitrogen and oxygen atoms in total. The van der Waals surface area contributed by atoms with E-state index < -0.39 is 0 Å². The Kier molecular flexibility index (Phi) is 3.45. The SMILES string of the molecule is c1ccc(-c2csc(C3CSCCN3)n2)cc1. The van der Waals surface area contributed by atoms with Crippen LogP contribution in [-0.2, 0) is 0 Å². The molecule has 1 unspecified atom stereocenters. The van der Waals surface area contributed by atoms with E-state index in [1.807, 2.05) is 17.8 Å². The quantitative estimate of drug-likeness (QED) is 0.899. The van der Waals surface area contributed by atoms with Gasteiger partial charge in [0.25, 0.3) is 0 Å². The van der Waals surface area contributed by atoms with Crippen LogP contribution in [0.2, 0.25) is 0 Å². The van der Waals surface area contributed by atoms with Crippen molar-refractivity contribution < 1.29 is 0 Å². The molecule has 1 aromatic heterocycles. The Bertz CT molecular complexity index is 475. The van der Waals surface area contributed by atoms with Gasteiger partial charge in [0.15, 0.2) is 0 Å². The average molecular weight is 262 g/mol. The molecule has 0 bridgehead atoms. The minimum atomic E-state index is 0.441. The summed E-state index contributed by atoms with van der Waals surface area (Å²) in [5, 5.41) is 6.90. The number of aromatic nitrogens is 1. The Morgan fingerprint density at radius 2 is 2.12 bits per heavy atom. The third-order valence-electron chi connectivity index (χ3n) is 2.81. The fraction of sp³-hybridized carbons (Fsp3) is 0.308. The van der Waals surface area contributed by atoms with E-state index in [9.17, 15) is 0 Å². The van der Waals surface area contributed by atoms with Crippen LogP contribution in [0.15, 0.2) is 35.7 Å². The van der Waals surface area contributed by atoms with Gasteiger partial charge in [0, 0.05) is 29.0 Å². The molecule has 0 saturated carbocycles. The van der Waals surface area contributed by atoms with Gasteiger partial charge in [0.1, 0.15) is 5.01 Å². The predicted molar refractivity (Wildman–Crippen MR) is 75.6 cm³/mol. The topological polar surface area (TPSA) is 24.9 Å². The lowest BCUT2D eigenvalue weighted by molar-refractivity contribution is 0.592. The lowest BCUT2D eigenvalue weighted by atomic mass is 10.2. The number of thiazole rings is 1. The van der Waals surface area contributed by atoms with E-state index >= 15 is 0 Å². The summed E-state index contributed by atoms with van der Waals surface area (Å²) >= 11 is 3.77.